The second kappa shape index (κ2) is 11.4. The van der Waals surface area contributed by atoms with Gasteiger partial charge in [0.2, 0.25) is 5.91 Å². The third-order valence-corrected chi connectivity index (χ3v) is 7.57. The van der Waals surface area contributed by atoms with E-state index in [1.807, 2.05) is 42.5 Å². The first-order valence-electron chi connectivity index (χ1n) is 11.6. The van der Waals surface area contributed by atoms with Crippen molar-refractivity contribution in [3.05, 3.63) is 110 Å². The Morgan fingerprint density at radius 1 is 1.00 bits per heavy atom. The van der Waals surface area contributed by atoms with Crippen molar-refractivity contribution in [1.82, 2.24) is 4.90 Å². The molecule has 1 saturated heterocycles. The molecule has 9 heteroatoms. The lowest BCUT2D eigenvalue weighted by Crippen LogP contribution is -2.36. The number of nitrogens with one attached hydrogen (secondary N) is 1. The van der Waals surface area contributed by atoms with Gasteiger partial charge in [-0.25, -0.2) is 4.39 Å². The van der Waals surface area contributed by atoms with Crippen LogP contribution < -0.4 is 10.1 Å². The fourth-order valence-corrected chi connectivity index (χ4v) is 5.50. The normalized spacial score (nSPS) is 14.4. The maximum atomic E-state index is 13.1. The van der Waals surface area contributed by atoms with Crippen LogP contribution in [0.3, 0.4) is 0 Å². The summed E-state index contributed by atoms with van der Waals surface area (Å²) in [5.74, 6) is -0.817. The first-order valence-corrected chi connectivity index (χ1v) is 13.5. The molecule has 0 unspecified atom stereocenters. The molecule has 5 rings (SSSR count). The van der Waals surface area contributed by atoms with E-state index in [2.05, 4.69) is 46.1 Å². The molecule has 1 fully saturated rings. The minimum Gasteiger partial charge on any atom is -0.488 e. The van der Waals surface area contributed by atoms with Gasteiger partial charge in [-0.15, -0.1) is 0 Å². The number of ether oxygens (including phenoxy) is 1. The number of imide groups is 1. The molecule has 0 atom stereocenters. The molecule has 4 aromatic rings. The minimum atomic E-state index is -0.553. The number of carbonyl (C=O) groups excluding carboxylic acids is 3. The van der Waals surface area contributed by atoms with Gasteiger partial charge in [0.05, 0.1) is 8.48 Å². The lowest BCUT2D eigenvalue weighted by molar-refractivity contribution is -0.127. The number of thioether (sulfide) groups is 1. The van der Waals surface area contributed by atoms with Gasteiger partial charge in [0.25, 0.3) is 11.1 Å². The average molecular weight is 638 g/mol. The van der Waals surface area contributed by atoms with Crippen molar-refractivity contribution >= 4 is 73.9 Å². The third-order valence-electron chi connectivity index (χ3n) is 5.82. The first-order chi connectivity index (χ1) is 18.4. The number of nitrogens with zero attached hydrogens (tertiary/aromatic N) is 1. The molecule has 1 N–H and O–H groups in total. The molecule has 0 spiro atoms. The quantitative estimate of drug-likeness (QED) is 0.177. The molecule has 1 aliphatic rings. The summed E-state index contributed by atoms with van der Waals surface area (Å²) in [6.45, 7) is -0.0204. The molecule has 38 heavy (non-hydrogen) atoms. The van der Waals surface area contributed by atoms with E-state index in [9.17, 15) is 18.8 Å². The molecular weight excluding hydrogens is 618 g/mol. The number of benzene rings is 4. The number of fused-ring (bicyclic) bond motifs is 1. The molecule has 0 aliphatic carbocycles. The second-order valence-electron chi connectivity index (χ2n) is 8.44. The average Bonchev–Trinajstić information content (AvgIpc) is 3.16. The van der Waals surface area contributed by atoms with E-state index in [1.165, 1.54) is 24.3 Å². The van der Waals surface area contributed by atoms with Crippen molar-refractivity contribution in [3.63, 3.8) is 0 Å². The van der Waals surface area contributed by atoms with Crippen LogP contribution >= 0.6 is 34.4 Å². The molecule has 0 bridgehead atoms. The van der Waals surface area contributed by atoms with Crippen LogP contribution in [0.4, 0.5) is 14.9 Å². The van der Waals surface area contributed by atoms with Crippen molar-refractivity contribution in [2.75, 3.05) is 11.9 Å². The van der Waals surface area contributed by atoms with E-state index in [-0.39, 0.29) is 4.91 Å². The van der Waals surface area contributed by atoms with Crippen LogP contribution in [0, 0.1) is 9.39 Å². The van der Waals surface area contributed by atoms with Crippen LogP contribution in [0.25, 0.3) is 16.8 Å². The monoisotopic (exact) mass is 638 g/mol. The number of anilines is 1. The lowest BCUT2D eigenvalue weighted by Gasteiger charge is -2.12. The molecule has 3 amide bonds. The van der Waals surface area contributed by atoms with E-state index in [0.717, 1.165) is 42.1 Å². The highest BCUT2D eigenvalue weighted by atomic mass is 127. The second-order valence-corrected chi connectivity index (χ2v) is 10.6. The van der Waals surface area contributed by atoms with Gasteiger partial charge in [-0.2, -0.15) is 0 Å². The van der Waals surface area contributed by atoms with Gasteiger partial charge in [0, 0.05) is 5.69 Å². The summed E-state index contributed by atoms with van der Waals surface area (Å²) >= 11 is 2.96. The molecule has 1 heterocycles. The summed E-state index contributed by atoms with van der Waals surface area (Å²) in [7, 11) is 0. The summed E-state index contributed by atoms with van der Waals surface area (Å²) in [6.07, 6.45) is 1.62. The molecular formula is C29H20FIN2O4S. The number of carbonyl (C=O) groups is 3. The van der Waals surface area contributed by atoms with E-state index in [4.69, 9.17) is 4.74 Å². The topological polar surface area (TPSA) is 75.7 Å². The Morgan fingerprint density at radius 2 is 1.76 bits per heavy atom. The summed E-state index contributed by atoms with van der Waals surface area (Å²) in [6, 6.07) is 25.0. The summed E-state index contributed by atoms with van der Waals surface area (Å²) in [5.41, 5.74) is 2.18. The summed E-state index contributed by atoms with van der Waals surface area (Å²) < 4.78 is 20.0. The standard InChI is InChI=1S/C29H20FIN2O4S/c30-21-9-11-22(12-10-21)32-27(34)16-33-28(35)26(38-29(33)36)15-18-8-13-25(24(31)14-18)37-17-20-6-3-5-19-4-1-2-7-23(19)20/h1-15H,16-17H2,(H,32,34)/b26-15-. The van der Waals surface area contributed by atoms with Crippen LogP contribution in [0.1, 0.15) is 11.1 Å². The van der Waals surface area contributed by atoms with Crippen molar-refractivity contribution in [2.45, 2.75) is 6.61 Å². The van der Waals surface area contributed by atoms with E-state index in [0.29, 0.717) is 18.0 Å². The molecule has 0 saturated carbocycles. The largest absolute Gasteiger partial charge is 0.488 e. The molecule has 4 aromatic carbocycles. The maximum absolute atomic E-state index is 13.1. The van der Waals surface area contributed by atoms with Crippen molar-refractivity contribution in [1.29, 1.82) is 0 Å². The van der Waals surface area contributed by atoms with Crippen molar-refractivity contribution < 1.29 is 23.5 Å². The number of halogens is 2. The molecule has 0 radical (unpaired) electrons. The zero-order chi connectivity index (χ0) is 26.6. The molecule has 0 aromatic heterocycles. The fourth-order valence-electron chi connectivity index (χ4n) is 3.96. The van der Waals surface area contributed by atoms with Gasteiger partial charge in [-0.3, -0.25) is 19.3 Å². The minimum absolute atomic E-state index is 0.227. The number of amides is 3. The van der Waals surface area contributed by atoms with Crippen LogP contribution in [-0.2, 0) is 16.2 Å². The first kappa shape index (κ1) is 25.9. The lowest BCUT2D eigenvalue weighted by atomic mass is 10.1. The maximum Gasteiger partial charge on any atom is 0.294 e. The van der Waals surface area contributed by atoms with E-state index < -0.39 is 29.4 Å². The summed E-state index contributed by atoms with van der Waals surface area (Å²) in [4.78, 5) is 38.7. The van der Waals surface area contributed by atoms with Gasteiger partial charge in [0.15, 0.2) is 0 Å². The van der Waals surface area contributed by atoms with Crippen molar-refractivity contribution in [3.8, 4) is 5.75 Å². The fraction of sp³-hybridized carbons (Fsp3) is 0.0690. The van der Waals surface area contributed by atoms with Crippen LogP contribution in [0.15, 0.2) is 89.8 Å². The molecule has 1 aliphatic heterocycles. The smallest absolute Gasteiger partial charge is 0.294 e. The van der Waals surface area contributed by atoms with Gasteiger partial charge in [0.1, 0.15) is 24.7 Å². The van der Waals surface area contributed by atoms with E-state index in [1.54, 1.807) is 6.08 Å². The molecule has 190 valence electrons. The Morgan fingerprint density at radius 3 is 2.55 bits per heavy atom. The van der Waals surface area contributed by atoms with Gasteiger partial charge in [-0.1, -0.05) is 48.5 Å². The Bertz CT molecular complexity index is 1580. The Labute approximate surface area is 236 Å². The Balaban J connectivity index is 1.24. The molecule has 6 nitrogen and oxygen atoms in total. The zero-order valence-corrected chi connectivity index (χ0v) is 22.8. The number of rotatable bonds is 7. The Kier molecular flexibility index (Phi) is 7.75. The highest BCUT2D eigenvalue weighted by Gasteiger charge is 2.36. The van der Waals surface area contributed by atoms with Gasteiger partial charge >= 0.3 is 0 Å². The van der Waals surface area contributed by atoms with Gasteiger partial charge in [-0.05, 0) is 98.7 Å². The number of hydrogen-bond donors (Lipinski definition) is 1. The number of hydrogen-bond acceptors (Lipinski definition) is 5. The SMILES string of the molecule is O=C(CN1C(=O)S/C(=C\c2ccc(OCc3cccc4ccccc34)c(I)c2)C1=O)Nc1ccc(F)cc1. The van der Waals surface area contributed by atoms with Crippen LogP contribution in [0.2, 0.25) is 0 Å². The predicted molar refractivity (Wildman–Crippen MR) is 155 cm³/mol. The van der Waals surface area contributed by atoms with Gasteiger partial charge < -0.3 is 10.1 Å². The predicted octanol–water partition coefficient (Wildman–Crippen LogP) is 6.84. The highest BCUT2D eigenvalue weighted by molar-refractivity contribution is 14.1. The Hall–Kier alpha value is -3.70. The summed E-state index contributed by atoms with van der Waals surface area (Å²) in [5, 5.41) is 4.32. The zero-order valence-electron chi connectivity index (χ0n) is 19.8. The van der Waals surface area contributed by atoms with Crippen LogP contribution in [-0.4, -0.2) is 28.5 Å². The van der Waals surface area contributed by atoms with Crippen LogP contribution in [0.5, 0.6) is 5.75 Å². The third kappa shape index (κ3) is 5.89. The van der Waals surface area contributed by atoms with E-state index >= 15 is 0 Å². The van der Waals surface area contributed by atoms with Crippen molar-refractivity contribution in [2.24, 2.45) is 0 Å². The highest BCUT2D eigenvalue weighted by Crippen LogP contribution is 2.33.